The summed E-state index contributed by atoms with van der Waals surface area (Å²) in [5, 5.41) is 0. The molecule has 0 bridgehead atoms. The molecule has 0 aromatic carbocycles. The third-order valence-corrected chi connectivity index (χ3v) is 3.21. The summed E-state index contributed by atoms with van der Waals surface area (Å²) in [6.07, 6.45) is 8.36. The van der Waals surface area contributed by atoms with Crippen molar-refractivity contribution in [3.05, 3.63) is 0 Å². The van der Waals surface area contributed by atoms with Crippen LogP contribution in [-0.4, -0.2) is 11.6 Å². The molecule has 0 saturated heterocycles. The van der Waals surface area contributed by atoms with E-state index in [1.54, 1.807) is 0 Å². The topological polar surface area (TPSA) is 34.1 Å². The summed E-state index contributed by atoms with van der Waals surface area (Å²) in [5.41, 5.74) is 0. The van der Waals surface area contributed by atoms with Gasteiger partial charge < -0.3 is 0 Å². The molecular weight excluding hydrogens is 188 g/mol. The molecule has 2 nitrogen and oxygen atoms in total. The zero-order chi connectivity index (χ0) is 11.1. The van der Waals surface area contributed by atoms with Gasteiger partial charge in [0.25, 0.3) is 0 Å². The van der Waals surface area contributed by atoms with E-state index in [9.17, 15) is 9.59 Å². The second-order valence-corrected chi connectivity index (χ2v) is 4.61. The lowest BCUT2D eigenvalue weighted by molar-refractivity contribution is -0.130. The summed E-state index contributed by atoms with van der Waals surface area (Å²) in [5.74, 6) is 0.681. The van der Waals surface area contributed by atoms with Crippen molar-refractivity contribution in [1.82, 2.24) is 0 Å². The maximum absolute atomic E-state index is 11.8. The van der Waals surface area contributed by atoms with Crippen molar-refractivity contribution in [3.8, 4) is 0 Å². The van der Waals surface area contributed by atoms with E-state index in [2.05, 4.69) is 6.92 Å². The van der Waals surface area contributed by atoms with Crippen LogP contribution in [0.5, 0.6) is 0 Å². The molecule has 0 heterocycles. The number of hydrogen-bond donors (Lipinski definition) is 0. The quantitative estimate of drug-likeness (QED) is 0.630. The molecule has 1 aliphatic rings. The van der Waals surface area contributed by atoms with E-state index >= 15 is 0 Å². The van der Waals surface area contributed by atoms with Crippen LogP contribution in [-0.2, 0) is 9.59 Å². The molecule has 15 heavy (non-hydrogen) atoms. The first-order chi connectivity index (χ1) is 7.24. The molecule has 0 amide bonds. The number of Topliss-reactive ketones (excluding diaryl/α,β-unsaturated/α-hetero) is 2. The van der Waals surface area contributed by atoms with Crippen molar-refractivity contribution in [1.29, 1.82) is 0 Å². The van der Waals surface area contributed by atoms with E-state index in [4.69, 9.17) is 0 Å². The normalized spacial score (nSPS) is 21.7. The highest BCUT2D eigenvalue weighted by molar-refractivity contribution is 5.88. The Hall–Kier alpha value is -0.660. The largest absolute Gasteiger partial charge is 0.300 e. The van der Waals surface area contributed by atoms with E-state index in [1.807, 2.05) is 0 Å². The Labute approximate surface area is 92.4 Å². The molecule has 0 radical (unpaired) electrons. The van der Waals surface area contributed by atoms with Crippen molar-refractivity contribution < 1.29 is 9.59 Å². The van der Waals surface area contributed by atoms with Gasteiger partial charge in [0.2, 0.25) is 0 Å². The number of carbonyl (C=O) groups is 2. The predicted octanol–water partition coefficient (Wildman–Crippen LogP) is 3.29. The molecule has 86 valence electrons. The number of unbranched alkanes of at least 4 members (excludes halogenated alkanes) is 3. The lowest BCUT2D eigenvalue weighted by atomic mass is 9.84. The van der Waals surface area contributed by atoms with Gasteiger partial charge in [-0.05, 0) is 19.3 Å². The van der Waals surface area contributed by atoms with Gasteiger partial charge >= 0.3 is 0 Å². The van der Waals surface area contributed by atoms with Gasteiger partial charge in [0.1, 0.15) is 11.6 Å². The first-order valence-corrected chi connectivity index (χ1v) is 6.28. The summed E-state index contributed by atoms with van der Waals surface area (Å²) in [6.45, 7) is 2.17. The summed E-state index contributed by atoms with van der Waals surface area (Å²) < 4.78 is 0. The van der Waals surface area contributed by atoms with Crippen LogP contribution < -0.4 is 0 Å². The van der Waals surface area contributed by atoms with Crippen LogP contribution in [0.2, 0.25) is 0 Å². The first-order valence-electron chi connectivity index (χ1n) is 6.28. The molecule has 1 saturated carbocycles. The Kier molecular flexibility index (Phi) is 5.59. The summed E-state index contributed by atoms with van der Waals surface area (Å²) in [4.78, 5) is 23.0. The maximum Gasteiger partial charge on any atom is 0.136 e. The Morgan fingerprint density at radius 3 is 2.80 bits per heavy atom. The van der Waals surface area contributed by atoms with Gasteiger partial charge in [0.15, 0.2) is 0 Å². The number of rotatable bonds is 6. The van der Waals surface area contributed by atoms with Gasteiger partial charge in [-0.1, -0.05) is 26.2 Å². The summed E-state index contributed by atoms with van der Waals surface area (Å²) in [7, 11) is 0. The Bertz CT molecular complexity index is 221. The van der Waals surface area contributed by atoms with Gasteiger partial charge in [-0.25, -0.2) is 0 Å². The van der Waals surface area contributed by atoms with Crippen LogP contribution in [0.15, 0.2) is 0 Å². The lowest BCUT2D eigenvalue weighted by Gasteiger charge is -2.19. The first kappa shape index (κ1) is 12.4. The molecule has 0 aliphatic heterocycles. The van der Waals surface area contributed by atoms with Crippen molar-refractivity contribution in [2.45, 2.75) is 64.7 Å². The molecule has 1 rings (SSSR count). The molecule has 0 aromatic rings. The highest BCUT2D eigenvalue weighted by Crippen LogP contribution is 2.23. The van der Waals surface area contributed by atoms with Crippen molar-refractivity contribution >= 4 is 11.6 Å². The standard InChI is InChI=1S/C13H22O2/c1-2-3-4-5-9-13(15)11-7-6-8-12(14)10-11/h11H,2-10H2,1H3. The molecule has 0 N–H and O–H groups in total. The Morgan fingerprint density at radius 1 is 1.33 bits per heavy atom. The fourth-order valence-electron chi connectivity index (χ4n) is 2.23. The van der Waals surface area contributed by atoms with Crippen molar-refractivity contribution in [2.24, 2.45) is 5.92 Å². The van der Waals surface area contributed by atoms with E-state index in [1.165, 1.54) is 12.8 Å². The number of ketones is 2. The third kappa shape index (κ3) is 4.59. The van der Waals surface area contributed by atoms with Crippen LogP contribution in [0.3, 0.4) is 0 Å². The van der Waals surface area contributed by atoms with Crippen LogP contribution in [0.25, 0.3) is 0 Å². The molecule has 0 aromatic heterocycles. The molecular formula is C13H22O2. The summed E-state index contributed by atoms with van der Waals surface area (Å²) in [6, 6.07) is 0. The van der Waals surface area contributed by atoms with Crippen LogP contribution in [0.1, 0.15) is 64.7 Å². The average molecular weight is 210 g/mol. The van der Waals surface area contributed by atoms with E-state index in [0.29, 0.717) is 25.0 Å². The molecule has 2 heteroatoms. The Morgan fingerprint density at radius 2 is 2.13 bits per heavy atom. The van der Waals surface area contributed by atoms with Crippen LogP contribution in [0.4, 0.5) is 0 Å². The fourth-order valence-corrected chi connectivity index (χ4v) is 2.23. The number of carbonyl (C=O) groups excluding carboxylic acids is 2. The van der Waals surface area contributed by atoms with E-state index in [-0.39, 0.29) is 11.7 Å². The smallest absolute Gasteiger partial charge is 0.136 e. The molecule has 1 atom stereocenters. The zero-order valence-electron chi connectivity index (χ0n) is 9.76. The van der Waals surface area contributed by atoms with Crippen LogP contribution >= 0.6 is 0 Å². The molecule has 1 fully saturated rings. The van der Waals surface area contributed by atoms with Crippen molar-refractivity contribution in [3.63, 3.8) is 0 Å². The van der Waals surface area contributed by atoms with Gasteiger partial charge in [0, 0.05) is 25.2 Å². The SMILES string of the molecule is CCCCCCC(=O)C1CCCC(=O)C1. The van der Waals surface area contributed by atoms with Crippen LogP contribution in [0, 0.1) is 5.92 Å². The molecule has 0 spiro atoms. The minimum atomic E-state index is 0.0628. The fraction of sp³-hybridized carbons (Fsp3) is 0.846. The average Bonchev–Trinajstić information content (AvgIpc) is 2.24. The minimum absolute atomic E-state index is 0.0628. The molecule has 1 aliphatic carbocycles. The highest BCUT2D eigenvalue weighted by Gasteiger charge is 2.24. The summed E-state index contributed by atoms with van der Waals surface area (Å²) >= 11 is 0. The molecule has 1 unspecified atom stereocenters. The van der Waals surface area contributed by atoms with E-state index < -0.39 is 0 Å². The van der Waals surface area contributed by atoms with Gasteiger partial charge in [-0.15, -0.1) is 0 Å². The lowest BCUT2D eigenvalue weighted by Crippen LogP contribution is -2.22. The predicted molar refractivity (Wildman–Crippen MR) is 60.7 cm³/mol. The van der Waals surface area contributed by atoms with Gasteiger partial charge in [-0.3, -0.25) is 9.59 Å². The van der Waals surface area contributed by atoms with Crippen molar-refractivity contribution in [2.75, 3.05) is 0 Å². The second kappa shape index (κ2) is 6.76. The highest BCUT2D eigenvalue weighted by atomic mass is 16.1. The maximum atomic E-state index is 11.8. The third-order valence-electron chi connectivity index (χ3n) is 3.21. The minimum Gasteiger partial charge on any atom is -0.300 e. The van der Waals surface area contributed by atoms with Gasteiger partial charge in [0.05, 0.1) is 0 Å². The Balaban J connectivity index is 2.18. The zero-order valence-corrected chi connectivity index (χ0v) is 9.76. The van der Waals surface area contributed by atoms with Gasteiger partial charge in [-0.2, -0.15) is 0 Å². The monoisotopic (exact) mass is 210 g/mol. The second-order valence-electron chi connectivity index (χ2n) is 4.61. The van der Waals surface area contributed by atoms with E-state index in [0.717, 1.165) is 25.7 Å². The number of hydrogen-bond acceptors (Lipinski definition) is 2.